The monoisotopic (exact) mass is 298 g/mol. The van der Waals surface area contributed by atoms with Gasteiger partial charge in [-0.25, -0.2) is 0 Å². The molecular formula is C15H14N4O3. The van der Waals surface area contributed by atoms with Crippen LogP contribution in [0.1, 0.15) is 36.6 Å². The van der Waals surface area contributed by atoms with E-state index in [2.05, 4.69) is 10.3 Å². The van der Waals surface area contributed by atoms with E-state index < -0.39 is 17.7 Å². The predicted octanol–water partition coefficient (Wildman–Crippen LogP) is 0.209. The summed E-state index contributed by atoms with van der Waals surface area (Å²) in [6, 6.07) is 7.40. The number of pyridine rings is 1. The van der Waals surface area contributed by atoms with E-state index in [0.29, 0.717) is 0 Å². The van der Waals surface area contributed by atoms with E-state index in [-0.39, 0.29) is 23.2 Å². The molecular weight excluding hydrogens is 284 g/mol. The van der Waals surface area contributed by atoms with Crippen molar-refractivity contribution in [2.24, 2.45) is 11.5 Å². The molecule has 5 N–H and O–H groups in total. The van der Waals surface area contributed by atoms with Crippen LogP contribution in [-0.2, 0) is 6.54 Å². The first-order chi connectivity index (χ1) is 10.5. The van der Waals surface area contributed by atoms with Gasteiger partial charge in [0.25, 0.3) is 5.91 Å². The zero-order chi connectivity index (χ0) is 16.1. The Kier molecular flexibility index (Phi) is 4.47. The van der Waals surface area contributed by atoms with Crippen molar-refractivity contribution >= 4 is 17.7 Å². The number of primary amides is 2. The Bertz CT molecular complexity index is 697. The minimum atomic E-state index is -0.744. The lowest BCUT2D eigenvalue weighted by molar-refractivity contribution is 0.0951. The molecule has 22 heavy (non-hydrogen) atoms. The average Bonchev–Trinajstić information content (AvgIpc) is 2.53. The van der Waals surface area contributed by atoms with Crippen LogP contribution in [0.4, 0.5) is 0 Å². The van der Waals surface area contributed by atoms with Crippen molar-refractivity contribution in [3.8, 4) is 0 Å². The summed E-state index contributed by atoms with van der Waals surface area (Å²) >= 11 is 0. The largest absolute Gasteiger partial charge is 0.366 e. The van der Waals surface area contributed by atoms with E-state index in [0.717, 1.165) is 5.56 Å². The molecule has 0 fully saturated rings. The average molecular weight is 298 g/mol. The fourth-order valence-corrected chi connectivity index (χ4v) is 1.83. The summed E-state index contributed by atoms with van der Waals surface area (Å²) in [5, 5.41) is 2.68. The molecule has 3 amide bonds. The van der Waals surface area contributed by atoms with Gasteiger partial charge in [0.2, 0.25) is 11.8 Å². The van der Waals surface area contributed by atoms with Crippen LogP contribution in [0.15, 0.2) is 42.7 Å². The van der Waals surface area contributed by atoms with Crippen molar-refractivity contribution in [1.82, 2.24) is 10.3 Å². The van der Waals surface area contributed by atoms with E-state index in [9.17, 15) is 14.4 Å². The summed E-state index contributed by atoms with van der Waals surface area (Å²) in [6.45, 7) is 0.286. The van der Waals surface area contributed by atoms with E-state index in [1.807, 2.05) is 0 Å². The lowest BCUT2D eigenvalue weighted by atomic mass is 10.0. The third kappa shape index (κ3) is 3.66. The number of carbonyl (C=O) groups is 3. The SMILES string of the molecule is NC(=O)c1cc(C(N)=O)cc(C(=O)NCc2ccncc2)c1. The Morgan fingerprint density at radius 2 is 1.41 bits per heavy atom. The Morgan fingerprint density at radius 3 is 1.91 bits per heavy atom. The second-order valence-corrected chi connectivity index (χ2v) is 4.57. The first-order valence-corrected chi connectivity index (χ1v) is 6.39. The Morgan fingerprint density at radius 1 is 0.909 bits per heavy atom. The molecule has 112 valence electrons. The van der Waals surface area contributed by atoms with Crippen LogP contribution in [0.2, 0.25) is 0 Å². The highest BCUT2D eigenvalue weighted by atomic mass is 16.2. The first-order valence-electron chi connectivity index (χ1n) is 6.39. The van der Waals surface area contributed by atoms with Crippen molar-refractivity contribution in [1.29, 1.82) is 0 Å². The van der Waals surface area contributed by atoms with Crippen molar-refractivity contribution in [3.63, 3.8) is 0 Å². The first kappa shape index (κ1) is 15.2. The van der Waals surface area contributed by atoms with Crippen molar-refractivity contribution in [2.45, 2.75) is 6.54 Å². The Balaban J connectivity index is 2.21. The second-order valence-electron chi connectivity index (χ2n) is 4.57. The van der Waals surface area contributed by atoms with E-state index >= 15 is 0 Å². The van der Waals surface area contributed by atoms with Gasteiger partial charge in [-0.2, -0.15) is 0 Å². The molecule has 0 unspecified atom stereocenters. The maximum atomic E-state index is 12.1. The minimum Gasteiger partial charge on any atom is -0.366 e. The maximum absolute atomic E-state index is 12.1. The molecule has 2 aromatic rings. The second kappa shape index (κ2) is 6.49. The molecule has 0 aliphatic rings. The molecule has 2 rings (SSSR count). The standard InChI is InChI=1S/C15H14N4O3/c16-13(20)10-5-11(14(17)21)7-12(6-10)15(22)19-8-9-1-3-18-4-2-9/h1-7H,8H2,(H2,16,20)(H2,17,21)(H,19,22). The smallest absolute Gasteiger partial charge is 0.251 e. The number of hydrogen-bond donors (Lipinski definition) is 3. The number of nitrogens with two attached hydrogens (primary N) is 2. The highest BCUT2D eigenvalue weighted by Crippen LogP contribution is 2.10. The summed E-state index contributed by atoms with van der Waals surface area (Å²) in [4.78, 5) is 38.5. The molecule has 1 aromatic heterocycles. The molecule has 0 aliphatic heterocycles. The molecule has 0 saturated heterocycles. The lowest BCUT2D eigenvalue weighted by Gasteiger charge is -2.08. The van der Waals surface area contributed by atoms with Gasteiger partial charge in [-0.15, -0.1) is 0 Å². The molecule has 0 aliphatic carbocycles. The van der Waals surface area contributed by atoms with Crippen molar-refractivity contribution in [3.05, 3.63) is 65.0 Å². The maximum Gasteiger partial charge on any atom is 0.251 e. The van der Waals surface area contributed by atoms with E-state index in [1.54, 1.807) is 24.5 Å². The van der Waals surface area contributed by atoms with Gasteiger partial charge >= 0.3 is 0 Å². The number of hydrogen-bond acceptors (Lipinski definition) is 4. The summed E-state index contributed by atoms with van der Waals surface area (Å²) in [5.74, 6) is -1.93. The van der Waals surface area contributed by atoms with Crippen molar-refractivity contribution in [2.75, 3.05) is 0 Å². The van der Waals surface area contributed by atoms with Crippen LogP contribution in [-0.4, -0.2) is 22.7 Å². The van der Waals surface area contributed by atoms with Gasteiger partial charge in [0, 0.05) is 35.6 Å². The lowest BCUT2D eigenvalue weighted by Crippen LogP contribution is -2.24. The zero-order valence-corrected chi connectivity index (χ0v) is 11.6. The van der Waals surface area contributed by atoms with Crippen LogP contribution in [0.25, 0.3) is 0 Å². The topological polar surface area (TPSA) is 128 Å². The van der Waals surface area contributed by atoms with Crippen molar-refractivity contribution < 1.29 is 14.4 Å². The van der Waals surface area contributed by atoms with Crippen LogP contribution in [0, 0.1) is 0 Å². The molecule has 0 radical (unpaired) electrons. The minimum absolute atomic E-state index is 0.0466. The highest BCUT2D eigenvalue weighted by molar-refractivity contribution is 6.03. The molecule has 0 spiro atoms. The van der Waals surface area contributed by atoms with Gasteiger partial charge in [-0.05, 0) is 35.9 Å². The fraction of sp³-hybridized carbons (Fsp3) is 0.0667. The van der Waals surface area contributed by atoms with E-state index in [1.165, 1.54) is 18.2 Å². The number of carbonyl (C=O) groups excluding carboxylic acids is 3. The number of nitrogens with zero attached hydrogens (tertiary/aromatic N) is 1. The molecule has 0 saturated carbocycles. The normalized spacial score (nSPS) is 10.0. The summed E-state index contributed by atoms with van der Waals surface area (Å²) in [5.41, 5.74) is 11.5. The highest BCUT2D eigenvalue weighted by Gasteiger charge is 2.13. The number of benzene rings is 1. The van der Waals surface area contributed by atoms with Gasteiger partial charge in [0.05, 0.1) is 0 Å². The molecule has 7 heteroatoms. The number of nitrogens with one attached hydrogen (secondary N) is 1. The Labute approximate surface area is 126 Å². The van der Waals surface area contributed by atoms with Crippen LogP contribution in [0.3, 0.4) is 0 Å². The molecule has 1 heterocycles. The Hall–Kier alpha value is -3.22. The van der Waals surface area contributed by atoms with Gasteiger partial charge < -0.3 is 16.8 Å². The fourth-order valence-electron chi connectivity index (χ4n) is 1.83. The predicted molar refractivity (Wildman–Crippen MR) is 78.9 cm³/mol. The van der Waals surface area contributed by atoms with Crippen LogP contribution in [0.5, 0.6) is 0 Å². The number of rotatable bonds is 5. The van der Waals surface area contributed by atoms with Gasteiger partial charge in [0.15, 0.2) is 0 Å². The van der Waals surface area contributed by atoms with Gasteiger partial charge in [-0.1, -0.05) is 0 Å². The third-order valence-electron chi connectivity index (χ3n) is 2.97. The number of aromatic nitrogens is 1. The molecule has 1 aromatic carbocycles. The van der Waals surface area contributed by atoms with E-state index in [4.69, 9.17) is 11.5 Å². The molecule has 7 nitrogen and oxygen atoms in total. The third-order valence-corrected chi connectivity index (χ3v) is 2.97. The summed E-state index contributed by atoms with van der Waals surface area (Å²) in [7, 11) is 0. The summed E-state index contributed by atoms with van der Waals surface area (Å²) < 4.78 is 0. The molecule has 0 atom stereocenters. The van der Waals surface area contributed by atoms with Crippen LogP contribution >= 0.6 is 0 Å². The quantitative estimate of drug-likeness (QED) is 0.728. The van der Waals surface area contributed by atoms with Gasteiger partial charge in [-0.3, -0.25) is 19.4 Å². The summed E-state index contributed by atoms with van der Waals surface area (Å²) in [6.07, 6.45) is 3.22. The number of amides is 3. The zero-order valence-electron chi connectivity index (χ0n) is 11.6. The van der Waals surface area contributed by atoms with Gasteiger partial charge in [0.1, 0.15) is 0 Å². The molecule has 0 bridgehead atoms. The van der Waals surface area contributed by atoms with Crippen LogP contribution < -0.4 is 16.8 Å².